The number of thiophene rings is 1. The van der Waals surface area contributed by atoms with Crippen LogP contribution in [0.3, 0.4) is 0 Å². The van der Waals surface area contributed by atoms with Crippen molar-refractivity contribution in [2.75, 3.05) is 5.43 Å². The molecule has 0 saturated carbocycles. The van der Waals surface area contributed by atoms with Crippen molar-refractivity contribution >= 4 is 43.4 Å². The summed E-state index contributed by atoms with van der Waals surface area (Å²) in [5.41, 5.74) is 2.46. The summed E-state index contributed by atoms with van der Waals surface area (Å²) >= 11 is 4.97. The molecule has 0 radical (unpaired) electrons. The number of aryl methyl sites for hydroxylation is 1. The van der Waals surface area contributed by atoms with Gasteiger partial charge in [-0.15, -0.1) is 11.3 Å². The van der Waals surface area contributed by atoms with E-state index in [9.17, 15) is 0 Å². The molecular formula is C13H12BrN5OS. The quantitative estimate of drug-likeness (QED) is 0.543. The number of rotatable bonds is 4. The Morgan fingerprint density at radius 1 is 1.33 bits per heavy atom. The number of pyridine rings is 1. The number of hydrogen-bond donors (Lipinski definition) is 2. The molecule has 0 aliphatic heterocycles. The minimum atomic E-state index is 0.324. The Morgan fingerprint density at radius 2 is 2.19 bits per heavy atom. The zero-order valence-electron chi connectivity index (χ0n) is 11.1. The summed E-state index contributed by atoms with van der Waals surface area (Å²) in [5.74, 6) is 6.80. The number of fused-ring (bicyclic) bond motifs is 1. The first-order valence-electron chi connectivity index (χ1n) is 6.25. The summed E-state index contributed by atoms with van der Waals surface area (Å²) in [5, 5.41) is 0.871. The van der Waals surface area contributed by atoms with Gasteiger partial charge in [0.05, 0.1) is 11.6 Å². The maximum absolute atomic E-state index is 5.84. The number of ether oxygens (including phenoxy) is 1. The van der Waals surface area contributed by atoms with Crippen LogP contribution in [0.5, 0.6) is 11.6 Å². The van der Waals surface area contributed by atoms with Gasteiger partial charge in [0.1, 0.15) is 10.6 Å². The molecular weight excluding hydrogens is 354 g/mol. The van der Waals surface area contributed by atoms with Crippen LogP contribution < -0.4 is 16.0 Å². The summed E-state index contributed by atoms with van der Waals surface area (Å²) in [6.07, 6.45) is 4.25. The van der Waals surface area contributed by atoms with Crippen molar-refractivity contribution < 1.29 is 4.74 Å². The van der Waals surface area contributed by atoms with Crippen molar-refractivity contribution in [3.05, 3.63) is 33.9 Å². The number of nitrogens with one attached hydrogen (secondary N) is 1. The van der Waals surface area contributed by atoms with Crippen LogP contribution in [0.25, 0.3) is 10.2 Å². The molecule has 3 N–H and O–H groups in total. The Hall–Kier alpha value is -1.77. The number of aromatic nitrogens is 3. The van der Waals surface area contributed by atoms with E-state index >= 15 is 0 Å². The second kappa shape index (κ2) is 5.92. The third kappa shape index (κ3) is 2.97. The fraction of sp³-hybridized carbons (Fsp3) is 0.154. The summed E-state index contributed by atoms with van der Waals surface area (Å²) in [6, 6.07) is 3.87. The van der Waals surface area contributed by atoms with Crippen LogP contribution in [-0.2, 0) is 6.42 Å². The van der Waals surface area contributed by atoms with Gasteiger partial charge < -0.3 is 4.74 Å². The summed E-state index contributed by atoms with van der Waals surface area (Å²) in [4.78, 5) is 14.8. The number of nitrogen functional groups attached to an aromatic ring is 1. The molecule has 0 aliphatic carbocycles. The van der Waals surface area contributed by atoms with Crippen molar-refractivity contribution in [1.29, 1.82) is 0 Å². The van der Waals surface area contributed by atoms with E-state index in [2.05, 4.69) is 43.2 Å². The van der Waals surface area contributed by atoms with Crippen LogP contribution in [0.1, 0.15) is 11.8 Å². The lowest BCUT2D eigenvalue weighted by Crippen LogP contribution is -2.10. The van der Waals surface area contributed by atoms with Crippen LogP contribution >= 0.6 is 27.3 Å². The molecule has 0 fully saturated rings. The van der Waals surface area contributed by atoms with E-state index in [0.717, 1.165) is 21.1 Å². The highest BCUT2D eigenvalue weighted by Crippen LogP contribution is 2.34. The Kier molecular flexibility index (Phi) is 4.00. The van der Waals surface area contributed by atoms with E-state index in [-0.39, 0.29) is 0 Å². The Morgan fingerprint density at radius 3 is 2.90 bits per heavy atom. The topological polar surface area (TPSA) is 86.0 Å². The highest BCUT2D eigenvalue weighted by Gasteiger charge is 2.13. The Balaban J connectivity index is 2.09. The molecule has 3 aromatic heterocycles. The van der Waals surface area contributed by atoms with Crippen molar-refractivity contribution in [3.8, 4) is 11.6 Å². The fourth-order valence-electron chi connectivity index (χ4n) is 1.82. The highest BCUT2D eigenvalue weighted by atomic mass is 79.9. The second-order valence-electron chi connectivity index (χ2n) is 4.22. The largest absolute Gasteiger partial charge is 0.436 e. The standard InChI is InChI=1S/C13H12BrN5OS/c1-2-9-4-10-11(17-13(19-15)18-12(10)21-9)20-8-3-7(14)5-16-6-8/h3-6H,2,15H2,1H3,(H,17,18,19). The van der Waals surface area contributed by atoms with Gasteiger partial charge in [0.15, 0.2) is 0 Å². The number of anilines is 1. The normalized spacial score (nSPS) is 10.8. The van der Waals surface area contributed by atoms with Crippen molar-refractivity contribution in [2.45, 2.75) is 13.3 Å². The fourth-order valence-corrected chi connectivity index (χ4v) is 3.12. The lowest BCUT2D eigenvalue weighted by molar-refractivity contribution is 0.466. The van der Waals surface area contributed by atoms with Gasteiger partial charge in [0.25, 0.3) is 0 Å². The van der Waals surface area contributed by atoms with Crippen molar-refractivity contribution in [2.24, 2.45) is 5.84 Å². The lowest BCUT2D eigenvalue weighted by atomic mass is 10.3. The Labute approximate surface area is 133 Å². The molecule has 0 amide bonds. The third-order valence-corrected chi connectivity index (χ3v) is 4.39. The first kappa shape index (κ1) is 14.2. The molecule has 3 heterocycles. The average molecular weight is 366 g/mol. The predicted octanol–water partition coefficient (Wildman–Crippen LogP) is 3.49. The molecule has 3 rings (SSSR count). The van der Waals surface area contributed by atoms with Gasteiger partial charge in [-0.25, -0.2) is 10.8 Å². The first-order chi connectivity index (χ1) is 10.2. The van der Waals surface area contributed by atoms with Crippen molar-refractivity contribution in [1.82, 2.24) is 15.0 Å². The minimum Gasteiger partial charge on any atom is -0.436 e. The predicted molar refractivity (Wildman–Crippen MR) is 86.6 cm³/mol. The van der Waals surface area contributed by atoms with E-state index in [1.54, 1.807) is 23.7 Å². The summed E-state index contributed by atoms with van der Waals surface area (Å²) < 4.78 is 6.68. The van der Waals surface area contributed by atoms with Gasteiger partial charge >= 0.3 is 0 Å². The van der Waals surface area contributed by atoms with Crippen LogP contribution in [0, 0.1) is 0 Å². The molecule has 0 bridgehead atoms. The van der Waals surface area contributed by atoms with E-state index in [1.165, 1.54) is 4.88 Å². The molecule has 6 nitrogen and oxygen atoms in total. The van der Waals surface area contributed by atoms with E-state index in [1.807, 2.05) is 12.1 Å². The third-order valence-electron chi connectivity index (χ3n) is 2.78. The molecule has 0 saturated heterocycles. The van der Waals surface area contributed by atoms with Gasteiger partial charge in [-0.2, -0.15) is 4.98 Å². The molecule has 8 heteroatoms. The molecule has 21 heavy (non-hydrogen) atoms. The number of nitrogens with two attached hydrogens (primary N) is 1. The second-order valence-corrected chi connectivity index (χ2v) is 6.25. The van der Waals surface area contributed by atoms with Gasteiger partial charge in [-0.05, 0) is 34.5 Å². The monoisotopic (exact) mass is 365 g/mol. The number of hydrogen-bond acceptors (Lipinski definition) is 7. The summed E-state index contributed by atoms with van der Waals surface area (Å²) in [6.45, 7) is 2.10. The number of nitrogens with zero attached hydrogens (tertiary/aromatic N) is 3. The van der Waals surface area contributed by atoms with E-state index < -0.39 is 0 Å². The zero-order chi connectivity index (χ0) is 14.8. The average Bonchev–Trinajstić information content (AvgIpc) is 2.90. The van der Waals surface area contributed by atoms with Crippen LogP contribution in [-0.4, -0.2) is 15.0 Å². The minimum absolute atomic E-state index is 0.324. The van der Waals surface area contributed by atoms with E-state index in [4.69, 9.17) is 10.6 Å². The molecule has 0 aliphatic rings. The maximum Gasteiger partial charge on any atom is 0.241 e. The SMILES string of the molecule is CCc1cc2c(Oc3cncc(Br)c3)nc(NN)nc2s1. The van der Waals surface area contributed by atoms with Crippen molar-refractivity contribution in [3.63, 3.8) is 0 Å². The van der Waals surface area contributed by atoms with Gasteiger partial charge in [-0.3, -0.25) is 10.4 Å². The van der Waals surface area contributed by atoms with Crippen LogP contribution in [0.4, 0.5) is 5.95 Å². The summed E-state index contributed by atoms with van der Waals surface area (Å²) in [7, 11) is 0. The highest BCUT2D eigenvalue weighted by molar-refractivity contribution is 9.10. The lowest BCUT2D eigenvalue weighted by Gasteiger charge is -2.07. The van der Waals surface area contributed by atoms with E-state index in [0.29, 0.717) is 17.6 Å². The number of hydrazine groups is 1. The smallest absolute Gasteiger partial charge is 0.241 e. The molecule has 0 atom stereocenters. The van der Waals surface area contributed by atoms with Gasteiger partial charge in [0.2, 0.25) is 11.8 Å². The molecule has 0 spiro atoms. The van der Waals surface area contributed by atoms with Crippen LogP contribution in [0.15, 0.2) is 29.0 Å². The molecule has 0 aromatic carbocycles. The Bertz CT molecular complexity index is 791. The molecule has 3 aromatic rings. The number of halogens is 1. The zero-order valence-corrected chi connectivity index (χ0v) is 13.5. The first-order valence-corrected chi connectivity index (χ1v) is 7.86. The molecule has 108 valence electrons. The van der Waals surface area contributed by atoms with Gasteiger partial charge in [0, 0.05) is 15.5 Å². The van der Waals surface area contributed by atoms with Crippen LogP contribution in [0.2, 0.25) is 0 Å². The molecule has 0 unspecified atom stereocenters. The van der Waals surface area contributed by atoms with Gasteiger partial charge in [-0.1, -0.05) is 6.92 Å². The maximum atomic E-state index is 5.84.